The second kappa shape index (κ2) is 15.9. The molecule has 5 unspecified atom stereocenters. The van der Waals surface area contributed by atoms with Crippen molar-refractivity contribution in [3.8, 4) is 0 Å². The van der Waals surface area contributed by atoms with Gasteiger partial charge in [-0.2, -0.15) is 0 Å². The van der Waals surface area contributed by atoms with Crippen molar-refractivity contribution in [3.63, 3.8) is 0 Å². The molecular weight excluding hydrogens is 678 g/mol. The van der Waals surface area contributed by atoms with Crippen molar-refractivity contribution in [1.29, 1.82) is 0 Å². The molecule has 3 heterocycles. The lowest BCUT2D eigenvalue weighted by atomic mass is 9.81. The number of fused-ring (bicyclic) bond motifs is 1. The smallest absolute Gasteiger partial charge is 0.135 e. The first-order valence-corrected chi connectivity index (χ1v) is 18.7. The van der Waals surface area contributed by atoms with E-state index in [9.17, 15) is 10.2 Å². The Hall–Kier alpha value is -0.570. The van der Waals surface area contributed by atoms with Gasteiger partial charge in [-0.1, -0.05) is 76.7 Å². The molecule has 1 aromatic heterocycles. The summed E-state index contributed by atoms with van der Waals surface area (Å²) in [5.74, 6) is 0.131. The first-order chi connectivity index (χ1) is 19.7. The Labute approximate surface area is 273 Å². The fourth-order valence-corrected chi connectivity index (χ4v) is 10.0. The molecule has 4 rings (SSSR count). The van der Waals surface area contributed by atoms with E-state index in [0.717, 1.165) is 56.5 Å². The maximum absolute atomic E-state index is 11.8. The maximum Gasteiger partial charge on any atom is 0.135 e. The monoisotopic (exact) mass is 723 g/mol. The van der Waals surface area contributed by atoms with E-state index in [4.69, 9.17) is 0 Å². The predicted molar refractivity (Wildman–Crippen MR) is 185 cm³/mol. The Morgan fingerprint density at radius 3 is 2.46 bits per heavy atom. The molecule has 0 amide bonds. The van der Waals surface area contributed by atoms with Crippen LogP contribution in [0.2, 0.25) is 0 Å². The van der Waals surface area contributed by atoms with Gasteiger partial charge in [-0.25, -0.2) is 0 Å². The molecular formula is C34H47Br2NO2S2. The van der Waals surface area contributed by atoms with Gasteiger partial charge >= 0.3 is 0 Å². The van der Waals surface area contributed by atoms with Crippen molar-refractivity contribution in [2.24, 2.45) is 5.92 Å². The van der Waals surface area contributed by atoms with Crippen LogP contribution in [0.25, 0.3) is 0 Å². The van der Waals surface area contributed by atoms with E-state index in [0.29, 0.717) is 6.42 Å². The lowest BCUT2D eigenvalue weighted by Gasteiger charge is -2.30. The van der Waals surface area contributed by atoms with Crippen molar-refractivity contribution in [2.75, 3.05) is 6.54 Å². The van der Waals surface area contributed by atoms with Crippen LogP contribution in [0.1, 0.15) is 102 Å². The molecule has 0 aromatic carbocycles. The lowest BCUT2D eigenvalue weighted by Crippen LogP contribution is -2.32. The quantitative estimate of drug-likeness (QED) is 0.140. The van der Waals surface area contributed by atoms with Crippen LogP contribution in [0, 0.1) is 5.92 Å². The fraction of sp³-hybridized carbons (Fsp3) is 0.588. The summed E-state index contributed by atoms with van der Waals surface area (Å²) in [6.45, 7) is 11.9. The molecule has 0 spiro atoms. The summed E-state index contributed by atoms with van der Waals surface area (Å²) in [5.41, 5.74) is 5.79. The van der Waals surface area contributed by atoms with Crippen LogP contribution >= 0.6 is 55.0 Å². The normalized spacial score (nSPS) is 26.0. The molecule has 3 nitrogen and oxygen atoms in total. The number of hydrogen-bond acceptors (Lipinski definition) is 5. The standard InChI is InChI=1S/C34H47Br2NO2S2/c1-5-7-9-11-13-22(3)19-27(38)32(28-14-16-30(35)40-28)24-21-26-25(20-23(24)4)33(29-15-17-31(36)41-29)34(39)37(26)18-12-10-8-6-2/h15-17,20-21,25,27-28,33-34,38-39H,3,5-14,18-19H2,1-2,4H3/b32-24+. The minimum absolute atomic E-state index is 0.00756. The van der Waals surface area contributed by atoms with Crippen molar-refractivity contribution < 1.29 is 10.2 Å². The predicted octanol–water partition coefficient (Wildman–Crippen LogP) is 10.6. The Morgan fingerprint density at radius 1 is 1.10 bits per heavy atom. The average molecular weight is 726 g/mol. The third-order valence-electron chi connectivity index (χ3n) is 8.65. The van der Waals surface area contributed by atoms with E-state index in [2.05, 4.69) is 94.5 Å². The van der Waals surface area contributed by atoms with Crippen molar-refractivity contribution in [3.05, 3.63) is 77.4 Å². The van der Waals surface area contributed by atoms with E-state index >= 15 is 0 Å². The van der Waals surface area contributed by atoms with Gasteiger partial charge in [0.1, 0.15) is 6.23 Å². The van der Waals surface area contributed by atoms with Gasteiger partial charge in [0.2, 0.25) is 0 Å². The molecule has 1 aromatic rings. The van der Waals surface area contributed by atoms with Gasteiger partial charge in [-0.05, 0) is 106 Å². The van der Waals surface area contributed by atoms with Gasteiger partial charge in [0.05, 0.1) is 9.89 Å². The number of aliphatic hydroxyl groups excluding tert-OH is 2. The van der Waals surface area contributed by atoms with E-state index in [1.54, 1.807) is 23.1 Å². The highest BCUT2D eigenvalue weighted by Crippen LogP contribution is 2.51. The van der Waals surface area contributed by atoms with Crippen LogP contribution in [0.5, 0.6) is 0 Å². The molecule has 2 N–H and O–H groups in total. The van der Waals surface area contributed by atoms with E-state index in [1.165, 1.54) is 54.7 Å². The highest BCUT2D eigenvalue weighted by molar-refractivity contribution is 9.14. The van der Waals surface area contributed by atoms with Crippen molar-refractivity contribution >= 4 is 55.0 Å². The van der Waals surface area contributed by atoms with Gasteiger partial charge in [-0.3, -0.25) is 0 Å². The topological polar surface area (TPSA) is 43.7 Å². The zero-order chi connectivity index (χ0) is 29.5. The van der Waals surface area contributed by atoms with Crippen molar-refractivity contribution in [2.45, 2.75) is 115 Å². The highest BCUT2D eigenvalue weighted by Gasteiger charge is 2.46. The molecule has 1 aliphatic carbocycles. The molecule has 3 aliphatic rings. The third kappa shape index (κ3) is 8.33. The number of halogens is 2. The number of aliphatic hydroxyl groups is 2. The molecule has 41 heavy (non-hydrogen) atoms. The van der Waals surface area contributed by atoms with Gasteiger partial charge in [0.25, 0.3) is 0 Å². The molecule has 1 saturated heterocycles. The third-order valence-corrected chi connectivity index (χ3v) is 12.4. The SMILES string of the molecule is C=C(CCCCCC)CC(O)/C(=C1/C=C2C(C=C1C)C(c1ccc(Br)s1)C(O)N2CCCCCC)C1CC=C(Br)S1. The minimum Gasteiger partial charge on any atom is -0.388 e. The van der Waals surface area contributed by atoms with Crippen LogP contribution in [0.3, 0.4) is 0 Å². The largest absolute Gasteiger partial charge is 0.388 e. The molecule has 2 aliphatic heterocycles. The molecule has 226 valence electrons. The van der Waals surface area contributed by atoms with Crippen LogP contribution in [-0.4, -0.2) is 39.2 Å². The zero-order valence-corrected chi connectivity index (χ0v) is 29.7. The fourth-order valence-electron chi connectivity index (χ4n) is 6.49. The van der Waals surface area contributed by atoms with Gasteiger partial charge < -0.3 is 15.1 Å². The number of thioether (sulfide) groups is 1. The van der Waals surface area contributed by atoms with Crippen LogP contribution in [0.4, 0.5) is 0 Å². The first kappa shape index (κ1) is 33.3. The summed E-state index contributed by atoms with van der Waals surface area (Å²) < 4.78 is 2.24. The zero-order valence-electron chi connectivity index (χ0n) is 24.9. The summed E-state index contributed by atoms with van der Waals surface area (Å²) in [5, 5.41) is 23.7. The summed E-state index contributed by atoms with van der Waals surface area (Å²) in [6.07, 6.45) is 17.8. The lowest BCUT2D eigenvalue weighted by molar-refractivity contribution is 0.0377. The minimum atomic E-state index is -0.571. The van der Waals surface area contributed by atoms with Gasteiger partial charge in [-0.15, -0.1) is 23.1 Å². The second-order valence-corrected chi connectivity index (χ2v) is 16.9. The maximum atomic E-state index is 11.8. The Morgan fingerprint density at radius 2 is 1.83 bits per heavy atom. The van der Waals surface area contributed by atoms with Crippen LogP contribution in [0.15, 0.2) is 72.5 Å². The number of allylic oxidation sites excluding steroid dienone is 5. The molecule has 7 heteroatoms. The number of hydrogen-bond donors (Lipinski definition) is 2. The second-order valence-electron chi connectivity index (χ2n) is 11.8. The number of nitrogens with zero attached hydrogens (tertiary/aromatic N) is 1. The highest BCUT2D eigenvalue weighted by atomic mass is 79.9. The Bertz CT molecular complexity index is 1180. The van der Waals surface area contributed by atoms with E-state index in [-0.39, 0.29) is 17.1 Å². The van der Waals surface area contributed by atoms with E-state index < -0.39 is 12.3 Å². The first-order valence-electron chi connectivity index (χ1n) is 15.5. The molecule has 0 saturated carbocycles. The number of rotatable bonds is 15. The van der Waals surface area contributed by atoms with Crippen LogP contribution in [-0.2, 0) is 0 Å². The Kier molecular flexibility index (Phi) is 13.0. The van der Waals surface area contributed by atoms with Gasteiger partial charge in [0.15, 0.2) is 0 Å². The van der Waals surface area contributed by atoms with Gasteiger partial charge in [0, 0.05) is 38.0 Å². The summed E-state index contributed by atoms with van der Waals surface area (Å²) in [4.78, 5) is 3.47. The summed E-state index contributed by atoms with van der Waals surface area (Å²) in [7, 11) is 0. The molecule has 5 atom stereocenters. The number of likely N-dealkylation sites (tertiary alicyclic amines) is 1. The summed E-state index contributed by atoms with van der Waals surface area (Å²) >= 11 is 10.9. The van der Waals surface area contributed by atoms with E-state index in [1.807, 2.05) is 0 Å². The summed E-state index contributed by atoms with van der Waals surface area (Å²) in [6, 6.07) is 4.26. The molecule has 1 fully saturated rings. The Balaban J connectivity index is 1.68. The molecule has 0 radical (unpaired) electrons. The van der Waals surface area contributed by atoms with Crippen molar-refractivity contribution in [1.82, 2.24) is 4.90 Å². The number of unbranched alkanes of at least 4 members (excludes halogenated alkanes) is 6. The number of thiophene rings is 1. The molecule has 0 bridgehead atoms. The average Bonchev–Trinajstić information content (AvgIpc) is 3.62. The van der Waals surface area contributed by atoms with Crippen LogP contribution < -0.4 is 0 Å².